The first-order valence-corrected chi connectivity index (χ1v) is 7.66. The lowest BCUT2D eigenvalue weighted by molar-refractivity contribution is 0.584. The highest BCUT2D eigenvalue weighted by Gasteiger charge is 2.11. The van der Waals surface area contributed by atoms with Gasteiger partial charge in [0.25, 0.3) is 0 Å². The maximum Gasteiger partial charge on any atom is 0.249 e. The third-order valence-electron chi connectivity index (χ3n) is 3.24. The molecule has 106 valence electrons. The van der Waals surface area contributed by atoms with Gasteiger partial charge in [-0.1, -0.05) is 24.3 Å². The van der Waals surface area contributed by atoms with Crippen LogP contribution in [0.2, 0.25) is 0 Å². The lowest BCUT2D eigenvalue weighted by Crippen LogP contribution is -1.82. The van der Waals surface area contributed by atoms with Crippen LogP contribution in [0.1, 0.15) is 0 Å². The number of pyridine rings is 1. The Morgan fingerprint density at radius 2 is 1.55 bits per heavy atom. The number of aromatic nitrogens is 3. The number of hydrogen-bond donors (Lipinski definition) is 0. The minimum Gasteiger partial charge on any atom is -0.416 e. The molecular formula is C17H11N3OS. The molecule has 0 saturated carbocycles. The number of hydrogen-bond acceptors (Lipinski definition) is 5. The molecule has 0 bridgehead atoms. The second kappa shape index (κ2) is 5.54. The normalized spacial score (nSPS) is 10.7. The van der Waals surface area contributed by atoms with Gasteiger partial charge in [0.05, 0.1) is 5.56 Å². The topological polar surface area (TPSA) is 51.8 Å². The molecule has 0 amide bonds. The van der Waals surface area contributed by atoms with E-state index < -0.39 is 0 Å². The van der Waals surface area contributed by atoms with E-state index in [2.05, 4.69) is 21.2 Å². The van der Waals surface area contributed by atoms with Crippen LogP contribution in [0.3, 0.4) is 0 Å². The van der Waals surface area contributed by atoms with E-state index in [9.17, 15) is 0 Å². The quantitative estimate of drug-likeness (QED) is 0.558. The van der Waals surface area contributed by atoms with Crippen molar-refractivity contribution in [3.8, 4) is 33.3 Å². The summed E-state index contributed by atoms with van der Waals surface area (Å²) in [5, 5.41) is 10.3. The molecule has 4 rings (SSSR count). The van der Waals surface area contributed by atoms with Crippen LogP contribution in [0.5, 0.6) is 0 Å². The number of rotatable bonds is 3. The molecule has 0 aliphatic rings. The maximum absolute atomic E-state index is 5.77. The van der Waals surface area contributed by atoms with Crippen LogP contribution < -0.4 is 0 Å². The minimum atomic E-state index is 0.477. The molecule has 4 nitrogen and oxygen atoms in total. The molecule has 0 unspecified atom stereocenters. The van der Waals surface area contributed by atoms with Crippen molar-refractivity contribution in [3.63, 3.8) is 0 Å². The van der Waals surface area contributed by atoms with Gasteiger partial charge >= 0.3 is 0 Å². The molecular weight excluding hydrogens is 294 g/mol. The molecule has 1 aromatic carbocycles. The summed E-state index contributed by atoms with van der Waals surface area (Å²) in [6.45, 7) is 0. The molecule has 3 heterocycles. The van der Waals surface area contributed by atoms with Crippen molar-refractivity contribution in [1.82, 2.24) is 15.2 Å². The average Bonchev–Trinajstić information content (AvgIpc) is 3.28. The van der Waals surface area contributed by atoms with Crippen LogP contribution in [0, 0.1) is 0 Å². The molecule has 0 aliphatic heterocycles. The summed E-state index contributed by atoms with van der Waals surface area (Å²) in [4.78, 5) is 5.44. The Balaban J connectivity index is 1.71. The molecule has 0 saturated heterocycles. The van der Waals surface area contributed by atoms with Gasteiger partial charge in [0.15, 0.2) is 0 Å². The van der Waals surface area contributed by atoms with E-state index >= 15 is 0 Å². The highest BCUT2D eigenvalue weighted by Crippen LogP contribution is 2.29. The molecule has 4 aromatic rings. The molecule has 22 heavy (non-hydrogen) atoms. The predicted octanol–water partition coefficient (Wildman–Crippen LogP) is 4.53. The van der Waals surface area contributed by atoms with Crippen LogP contribution in [0.15, 0.2) is 70.7 Å². The van der Waals surface area contributed by atoms with Gasteiger partial charge < -0.3 is 4.42 Å². The molecule has 0 aliphatic carbocycles. The number of benzene rings is 1. The van der Waals surface area contributed by atoms with Gasteiger partial charge in [-0.3, -0.25) is 4.98 Å². The van der Waals surface area contributed by atoms with E-state index in [1.54, 1.807) is 17.5 Å². The molecule has 0 radical (unpaired) electrons. The molecule has 0 spiro atoms. The Labute approximate surface area is 131 Å². The van der Waals surface area contributed by atoms with Gasteiger partial charge in [-0.25, -0.2) is 0 Å². The van der Waals surface area contributed by atoms with Gasteiger partial charge in [-0.15, -0.1) is 21.5 Å². The summed E-state index contributed by atoms with van der Waals surface area (Å²) in [5.41, 5.74) is 2.77. The van der Waals surface area contributed by atoms with E-state index in [4.69, 9.17) is 4.42 Å². The zero-order valence-corrected chi connectivity index (χ0v) is 12.3. The van der Waals surface area contributed by atoms with E-state index in [-0.39, 0.29) is 0 Å². The zero-order valence-electron chi connectivity index (χ0n) is 11.5. The first-order chi connectivity index (χ1) is 10.9. The fraction of sp³-hybridized carbons (Fsp3) is 0. The summed E-state index contributed by atoms with van der Waals surface area (Å²) < 4.78 is 5.77. The van der Waals surface area contributed by atoms with Crippen molar-refractivity contribution in [1.29, 1.82) is 0 Å². The van der Waals surface area contributed by atoms with Crippen molar-refractivity contribution in [2.24, 2.45) is 0 Å². The fourth-order valence-electron chi connectivity index (χ4n) is 2.17. The molecule has 0 atom stereocenters. The fourth-order valence-corrected chi connectivity index (χ4v) is 2.88. The molecule has 0 N–H and O–H groups in total. The Morgan fingerprint density at radius 3 is 2.32 bits per heavy atom. The molecule has 0 fully saturated rings. The smallest absolute Gasteiger partial charge is 0.249 e. The van der Waals surface area contributed by atoms with Crippen LogP contribution in [-0.4, -0.2) is 15.2 Å². The lowest BCUT2D eigenvalue weighted by atomic mass is 10.2. The number of thiophene rings is 1. The van der Waals surface area contributed by atoms with Crippen molar-refractivity contribution in [3.05, 3.63) is 66.3 Å². The van der Waals surface area contributed by atoms with Gasteiger partial charge in [-0.2, -0.15) is 0 Å². The van der Waals surface area contributed by atoms with Gasteiger partial charge in [0.1, 0.15) is 0 Å². The third kappa shape index (κ3) is 2.42. The van der Waals surface area contributed by atoms with Crippen LogP contribution in [0.4, 0.5) is 0 Å². The maximum atomic E-state index is 5.77. The minimum absolute atomic E-state index is 0.477. The standard InChI is InChI=1S/C17H11N3OS/c1-2-5-12(6-3-1)16-19-20-17(21-16)14-9-13(10-18-11-14)15-7-4-8-22-15/h1-11H. The highest BCUT2D eigenvalue weighted by atomic mass is 32.1. The third-order valence-corrected chi connectivity index (χ3v) is 4.16. The van der Waals surface area contributed by atoms with Crippen LogP contribution in [0.25, 0.3) is 33.3 Å². The van der Waals surface area contributed by atoms with Crippen molar-refractivity contribution in [2.75, 3.05) is 0 Å². The van der Waals surface area contributed by atoms with Crippen molar-refractivity contribution in [2.45, 2.75) is 0 Å². The average molecular weight is 305 g/mol. The van der Waals surface area contributed by atoms with Gasteiger partial charge in [0, 0.05) is 28.4 Å². The van der Waals surface area contributed by atoms with E-state index in [1.807, 2.05) is 54.0 Å². The van der Waals surface area contributed by atoms with Crippen molar-refractivity contribution >= 4 is 11.3 Å². The monoisotopic (exact) mass is 305 g/mol. The van der Waals surface area contributed by atoms with Gasteiger partial charge in [0.2, 0.25) is 11.8 Å². The van der Waals surface area contributed by atoms with Gasteiger partial charge in [-0.05, 0) is 29.6 Å². The highest BCUT2D eigenvalue weighted by molar-refractivity contribution is 7.13. The lowest BCUT2D eigenvalue weighted by Gasteiger charge is -1.99. The van der Waals surface area contributed by atoms with E-state index in [1.165, 1.54) is 0 Å². The summed E-state index contributed by atoms with van der Waals surface area (Å²) in [5.74, 6) is 0.988. The Morgan fingerprint density at radius 1 is 0.773 bits per heavy atom. The number of nitrogens with zero attached hydrogens (tertiary/aromatic N) is 3. The summed E-state index contributed by atoms with van der Waals surface area (Å²) >= 11 is 1.68. The van der Waals surface area contributed by atoms with Crippen LogP contribution >= 0.6 is 11.3 Å². The van der Waals surface area contributed by atoms with Crippen LogP contribution in [-0.2, 0) is 0 Å². The molecule has 5 heteroatoms. The SMILES string of the molecule is c1ccc(-c2nnc(-c3cncc(-c4cccs4)c3)o2)cc1. The van der Waals surface area contributed by atoms with E-state index in [0.717, 1.165) is 21.6 Å². The summed E-state index contributed by atoms with van der Waals surface area (Å²) in [6, 6.07) is 15.8. The molecule has 3 aromatic heterocycles. The van der Waals surface area contributed by atoms with E-state index in [0.29, 0.717) is 11.8 Å². The second-order valence-corrected chi connectivity index (χ2v) is 5.67. The first kappa shape index (κ1) is 12.9. The Kier molecular flexibility index (Phi) is 3.25. The predicted molar refractivity (Wildman–Crippen MR) is 86.3 cm³/mol. The summed E-state index contributed by atoms with van der Waals surface area (Å²) in [7, 11) is 0. The Hall–Kier alpha value is -2.79. The Bertz CT molecular complexity index is 885. The summed E-state index contributed by atoms with van der Waals surface area (Å²) in [6.07, 6.45) is 3.57. The van der Waals surface area contributed by atoms with Crippen molar-refractivity contribution < 1.29 is 4.42 Å². The first-order valence-electron chi connectivity index (χ1n) is 6.78. The zero-order chi connectivity index (χ0) is 14.8. The second-order valence-electron chi connectivity index (χ2n) is 4.72. The largest absolute Gasteiger partial charge is 0.416 e.